The predicted octanol–water partition coefficient (Wildman–Crippen LogP) is 1.20. The number of nitrogens with zero attached hydrogens (tertiary/aromatic N) is 10. The third kappa shape index (κ3) is 2.34. The van der Waals surface area contributed by atoms with Gasteiger partial charge in [-0.15, -0.1) is 0 Å². The molecule has 1 aromatic heterocycles. The maximum atomic E-state index is 9.37. The lowest BCUT2D eigenvalue weighted by Crippen LogP contribution is -2.32. The van der Waals surface area contributed by atoms with E-state index in [2.05, 4.69) is 30.6 Å². The van der Waals surface area contributed by atoms with Crippen LogP contribution in [0.4, 0.5) is 22.7 Å². The number of rotatable bonds is 0. The topological polar surface area (TPSA) is 217 Å². The summed E-state index contributed by atoms with van der Waals surface area (Å²) in [6.07, 6.45) is 0. The van der Waals surface area contributed by atoms with Crippen LogP contribution in [0, 0.1) is 68.0 Å². The molecule has 0 saturated carbocycles. The largest absolute Gasteiger partial charge is 0.361 e. The highest BCUT2D eigenvalue weighted by Crippen LogP contribution is 2.50. The average molecular weight is 388 g/mol. The SMILES string of the molecule is N#CC1=Nc2c(c3c(c4nc(C#N)c(C#N)nc24)NC(C#N)C(C#N)=N3)NC1C#N. The molecule has 0 radical (unpaired) electrons. The van der Waals surface area contributed by atoms with Crippen LogP contribution in [0.3, 0.4) is 0 Å². The van der Waals surface area contributed by atoms with E-state index in [0.717, 1.165) is 0 Å². The fourth-order valence-corrected chi connectivity index (χ4v) is 3.05. The summed E-state index contributed by atoms with van der Waals surface area (Å²) in [5, 5.41) is 61.7. The van der Waals surface area contributed by atoms with Gasteiger partial charge in [-0.1, -0.05) is 0 Å². The fraction of sp³-hybridized carbons (Fsp3) is 0.111. The van der Waals surface area contributed by atoms with Gasteiger partial charge < -0.3 is 10.6 Å². The monoisotopic (exact) mass is 388 g/mol. The summed E-state index contributed by atoms with van der Waals surface area (Å²) in [7, 11) is 0. The maximum Gasteiger partial charge on any atom is 0.177 e. The number of nitriles is 6. The molecule has 2 aliphatic rings. The summed E-state index contributed by atoms with van der Waals surface area (Å²) in [6, 6.07) is 8.88. The number of hydrogen-bond acceptors (Lipinski definition) is 12. The Morgan fingerprint density at radius 1 is 0.600 bits per heavy atom. The van der Waals surface area contributed by atoms with Crippen molar-refractivity contribution in [3.05, 3.63) is 11.4 Å². The number of aromatic nitrogens is 2. The van der Waals surface area contributed by atoms with E-state index in [0.29, 0.717) is 0 Å². The smallest absolute Gasteiger partial charge is 0.177 e. The molecule has 0 amide bonds. The number of benzene rings is 1. The molecule has 1 aromatic carbocycles. The summed E-state index contributed by atoms with van der Waals surface area (Å²) in [5.41, 5.74) is -0.0432. The fourth-order valence-electron chi connectivity index (χ4n) is 3.05. The predicted molar refractivity (Wildman–Crippen MR) is 100 cm³/mol. The van der Waals surface area contributed by atoms with Crippen molar-refractivity contribution in [3.8, 4) is 36.4 Å². The average Bonchev–Trinajstić information content (AvgIpc) is 2.81. The molecule has 0 saturated heterocycles. The molecule has 4 rings (SSSR count). The van der Waals surface area contributed by atoms with Crippen LogP contribution in [0.5, 0.6) is 0 Å². The highest BCUT2D eigenvalue weighted by atomic mass is 15.1. The van der Waals surface area contributed by atoms with Crippen molar-refractivity contribution >= 4 is 45.2 Å². The van der Waals surface area contributed by atoms with Gasteiger partial charge in [-0.25, -0.2) is 20.0 Å². The summed E-state index contributed by atoms with van der Waals surface area (Å²) >= 11 is 0. The van der Waals surface area contributed by atoms with Gasteiger partial charge in [-0.3, -0.25) is 0 Å². The van der Waals surface area contributed by atoms with Crippen LogP contribution in [-0.4, -0.2) is 33.5 Å². The van der Waals surface area contributed by atoms with Crippen molar-refractivity contribution in [3.63, 3.8) is 0 Å². The van der Waals surface area contributed by atoms with Crippen LogP contribution in [0.25, 0.3) is 11.0 Å². The van der Waals surface area contributed by atoms with E-state index < -0.39 is 12.1 Å². The van der Waals surface area contributed by atoms with Crippen molar-refractivity contribution < 1.29 is 0 Å². The zero-order valence-electron chi connectivity index (χ0n) is 14.6. The van der Waals surface area contributed by atoms with E-state index in [1.807, 2.05) is 24.3 Å². The second-order valence-corrected chi connectivity index (χ2v) is 5.92. The number of nitrogens with one attached hydrogen (secondary N) is 2. The highest BCUT2D eigenvalue weighted by molar-refractivity contribution is 6.21. The third-order valence-corrected chi connectivity index (χ3v) is 4.36. The first kappa shape index (κ1) is 17.8. The summed E-state index contributed by atoms with van der Waals surface area (Å²) < 4.78 is 0. The molecule has 0 aliphatic carbocycles. The first-order valence-electron chi connectivity index (χ1n) is 8.11. The molecule has 2 atom stereocenters. The van der Waals surface area contributed by atoms with Gasteiger partial charge in [-0.05, 0) is 0 Å². The van der Waals surface area contributed by atoms with Crippen molar-refractivity contribution in [1.82, 2.24) is 9.97 Å². The van der Waals surface area contributed by atoms with Crippen LogP contribution in [0.15, 0.2) is 9.98 Å². The van der Waals surface area contributed by atoms with Gasteiger partial charge in [0.15, 0.2) is 34.9 Å². The first-order valence-corrected chi connectivity index (χ1v) is 8.11. The quantitative estimate of drug-likeness (QED) is 0.656. The molecular weight excluding hydrogens is 384 g/mol. The molecule has 12 heteroatoms. The van der Waals surface area contributed by atoms with Gasteiger partial charge in [0.05, 0.1) is 23.5 Å². The Morgan fingerprint density at radius 3 is 1.60 bits per heavy atom. The van der Waals surface area contributed by atoms with Crippen molar-refractivity contribution in [2.75, 3.05) is 10.6 Å². The minimum absolute atomic E-state index is 0.0655. The van der Waals surface area contributed by atoms with Gasteiger partial charge in [0.2, 0.25) is 0 Å². The van der Waals surface area contributed by atoms with E-state index in [1.165, 1.54) is 0 Å². The molecule has 3 heterocycles. The lowest BCUT2D eigenvalue weighted by Gasteiger charge is -2.27. The summed E-state index contributed by atoms with van der Waals surface area (Å²) in [6.45, 7) is 0. The molecule has 136 valence electrons. The normalized spacial score (nSPS) is 18.1. The van der Waals surface area contributed by atoms with E-state index in [9.17, 15) is 31.6 Å². The van der Waals surface area contributed by atoms with Gasteiger partial charge >= 0.3 is 0 Å². The Balaban J connectivity index is 2.21. The number of aliphatic imine (C=N–C) groups is 2. The van der Waals surface area contributed by atoms with Crippen molar-refractivity contribution in [2.24, 2.45) is 9.98 Å². The minimum Gasteiger partial charge on any atom is -0.361 e. The Bertz CT molecular complexity index is 1470. The standard InChI is InChI=1S/C18H4N12/c19-1-7-8(2-20)26-14-13(25-7)15-17(29-10(4-22)9(3-21)27-15)18-16(14)28-11(5-23)12(6-24)30-18/h7,10,25,29H. The minimum atomic E-state index is -1.08. The molecular formula is C18H4N12. The Hall–Kier alpha value is -5.56. The second-order valence-electron chi connectivity index (χ2n) is 5.92. The van der Waals surface area contributed by atoms with Crippen LogP contribution >= 0.6 is 0 Å². The van der Waals surface area contributed by atoms with E-state index in [-0.39, 0.29) is 56.6 Å². The zero-order chi connectivity index (χ0) is 21.4. The van der Waals surface area contributed by atoms with E-state index in [4.69, 9.17) is 0 Å². The summed E-state index contributed by atoms with van der Waals surface area (Å²) in [5.74, 6) is 0. The zero-order valence-corrected chi connectivity index (χ0v) is 14.6. The molecule has 0 bridgehead atoms. The molecule has 12 nitrogen and oxygen atoms in total. The first-order chi connectivity index (χ1) is 14.6. The molecule has 0 spiro atoms. The van der Waals surface area contributed by atoms with E-state index >= 15 is 0 Å². The van der Waals surface area contributed by atoms with Gasteiger partial charge in [0.25, 0.3) is 0 Å². The van der Waals surface area contributed by atoms with Crippen LogP contribution in [0.1, 0.15) is 11.4 Å². The summed E-state index contributed by atoms with van der Waals surface area (Å²) in [4.78, 5) is 16.8. The molecule has 0 fully saturated rings. The second kappa shape index (κ2) is 6.55. The lowest BCUT2D eigenvalue weighted by molar-refractivity contribution is 1.10. The molecule has 2 unspecified atom stereocenters. The molecule has 2 aliphatic heterocycles. The number of hydrogen-bond donors (Lipinski definition) is 2. The van der Waals surface area contributed by atoms with Gasteiger partial charge in [0, 0.05) is 0 Å². The molecule has 2 aromatic rings. The van der Waals surface area contributed by atoms with Gasteiger partial charge in [0.1, 0.15) is 46.7 Å². The lowest BCUT2D eigenvalue weighted by atomic mass is 10.0. The Morgan fingerprint density at radius 2 is 1.10 bits per heavy atom. The van der Waals surface area contributed by atoms with Crippen LogP contribution in [0.2, 0.25) is 0 Å². The van der Waals surface area contributed by atoms with Crippen LogP contribution in [-0.2, 0) is 0 Å². The molecule has 2 N–H and O–H groups in total. The third-order valence-electron chi connectivity index (χ3n) is 4.36. The number of fused-ring (bicyclic) bond motifs is 6. The maximum absolute atomic E-state index is 9.37. The van der Waals surface area contributed by atoms with Gasteiger partial charge in [-0.2, -0.15) is 31.6 Å². The Kier molecular flexibility index (Phi) is 3.90. The van der Waals surface area contributed by atoms with Crippen molar-refractivity contribution in [2.45, 2.75) is 12.1 Å². The van der Waals surface area contributed by atoms with E-state index in [1.54, 1.807) is 12.1 Å². The molecule has 30 heavy (non-hydrogen) atoms. The Labute approximate surface area is 167 Å². The number of anilines is 2. The van der Waals surface area contributed by atoms with Crippen molar-refractivity contribution in [1.29, 1.82) is 31.6 Å². The highest BCUT2D eigenvalue weighted by Gasteiger charge is 2.34. The van der Waals surface area contributed by atoms with Crippen LogP contribution < -0.4 is 10.6 Å².